The predicted molar refractivity (Wildman–Crippen MR) is 81.9 cm³/mol. The van der Waals surface area contributed by atoms with Crippen molar-refractivity contribution < 1.29 is 17.6 Å². The van der Waals surface area contributed by atoms with E-state index in [0.717, 1.165) is 36.4 Å². The highest BCUT2D eigenvalue weighted by atomic mass is 32.2. The molecule has 0 bridgehead atoms. The van der Waals surface area contributed by atoms with Gasteiger partial charge in [-0.05, 0) is 18.2 Å². The van der Waals surface area contributed by atoms with Crippen molar-refractivity contribution in [1.82, 2.24) is 5.32 Å². The van der Waals surface area contributed by atoms with E-state index < -0.39 is 15.7 Å². The Morgan fingerprint density at radius 3 is 2.90 bits per heavy atom. The zero-order chi connectivity index (χ0) is 15.5. The summed E-state index contributed by atoms with van der Waals surface area (Å²) in [5.41, 5.74) is -0.105. The van der Waals surface area contributed by atoms with Crippen LogP contribution in [0.3, 0.4) is 0 Å². The van der Waals surface area contributed by atoms with Crippen LogP contribution in [0.4, 0.5) is 10.1 Å². The Hall–Kier alpha value is -1.12. The molecule has 0 radical (unpaired) electrons. The first-order valence-electron chi connectivity index (χ1n) is 6.47. The van der Waals surface area contributed by atoms with Gasteiger partial charge in [0, 0.05) is 36.8 Å². The quantitative estimate of drug-likeness (QED) is 0.812. The SMILES string of the molecule is CS(=O)(=O)c1ccc(F)c(NC(=O)CC2CSCCN2)c1. The summed E-state index contributed by atoms with van der Waals surface area (Å²) < 4.78 is 36.6. The summed E-state index contributed by atoms with van der Waals surface area (Å²) in [6, 6.07) is 3.43. The second-order valence-corrected chi connectivity index (χ2v) is 8.06. The average molecular weight is 332 g/mol. The largest absolute Gasteiger partial charge is 0.324 e. The first-order valence-corrected chi connectivity index (χ1v) is 9.51. The second-order valence-electron chi connectivity index (χ2n) is 4.89. The number of halogens is 1. The molecule has 5 nitrogen and oxygen atoms in total. The molecule has 1 saturated heterocycles. The second kappa shape index (κ2) is 6.76. The average Bonchev–Trinajstić information content (AvgIpc) is 2.41. The molecule has 0 aliphatic carbocycles. The van der Waals surface area contributed by atoms with Gasteiger partial charge < -0.3 is 10.6 Å². The van der Waals surface area contributed by atoms with Gasteiger partial charge in [-0.3, -0.25) is 4.79 Å². The van der Waals surface area contributed by atoms with E-state index in [1.807, 2.05) is 0 Å². The number of amides is 1. The van der Waals surface area contributed by atoms with Crippen LogP contribution in [0.2, 0.25) is 0 Å². The van der Waals surface area contributed by atoms with Gasteiger partial charge in [0.15, 0.2) is 9.84 Å². The molecule has 2 rings (SSSR count). The molecule has 1 aromatic carbocycles. The maximum atomic E-state index is 13.7. The Kier molecular flexibility index (Phi) is 5.23. The lowest BCUT2D eigenvalue weighted by Crippen LogP contribution is -2.40. The first kappa shape index (κ1) is 16.3. The van der Waals surface area contributed by atoms with Gasteiger partial charge in [-0.25, -0.2) is 12.8 Å². The van der Waals surface area contributed by atoms with Crippen molar-refractivity contribution in [2.24, 2.45) is 0 Å². The molecular weight excluding hydrogens is 315 g/mol. The van der Waals surface area contributed by atoms with Crippen molar-refractivity contribution in [3.05, 3.63) is 24.0 Å². The number of benzene rings is 1. The van der Waals surface area contributed by atoms with Gasteiger partial charge in [-0.15, -0.1) is 0 Å². The zero-order valence-electron chi connectivity index (χ0n) is 11.6. The minimum atomic E-state index is -3.44. The van der Waals surface area contributed by atoms with Crippen molar-refractivity contribution in [3.63, 3.8) is 0 Å². The molecular formula is C13H17FN2O3S2. The van der Waals surface area contributed by atoms with Crippen molar-refractivity contribution in [1.29, 1.82) is 0 Å². The van der Waals surface area contributed by atoms with Crippen LogP contribution in [0, 0.1) is 5.82 Å². The van der Waals surface area contributed by atoms with E-state index in [0.29, 0.717) is 0 Å². The third-order valence-corrected chi connectivity index (χ3v) is 5.31. The van der Waals surface area contributed by atoms with E-state index in [9.17, 15) is 17.6 Å². The Morgan fingerprint density at radius 1 is 1.52 bits per heavy atom. The van der Waals surface area contributed by atoms with Crippen LogP contribution in [0.25, 0.3) is 0 Å². The number of nitrogens with one attached hydrogen (secondary N) is 2. The number of carbonyl (C=O) groups excluding carboxylic acids is 1. The molecule has 2 N–H and O–H groups in total. The summed E-state index contributed by atoms with van der Waals surface area (Å²) in [6.07, 6.45) is 1.27. The summed E-state index contributed by atoms with van der Waals surface area (Å²) >= 11 is 1.76. The third-order valence-electron chi connectivity index (χ3n) is 3.07. The molecule has 0 spiro atoms. The van der Waals surface area contributed by atoms with E-state index in [1.54, 1.807) is 11.8 Å². The molecule has 1 aliphatic rings. The molecule has 0 aromatic heterocycles. The number of thioether (sulfide) groups is 1. The molecule has 0 saturated carbocycles. The van der Waals surface area contributed by atoms with Crippen LogP contribution >= 0.6 is 11.8 Å². The Labute approximate surface area is 127 Å². The number of hydrogen-bond donors (Lipinski definition) is 2. The lowest BCUT2D eigenvalue weighted by molar-refractivity contribution is -0.116. The van der Waals surface area contributed by atoms with Gasteiger partial charge in [-0.1, -0.05) is 0 Å². The molecule has 21 heavy (non-hydrogen) atoms. The summed E-state index contributed by atoms with van der Waals surface area (Å²) in [6.45, 7) is 0.848. The van der Waals surface area contributed by atoms with Crippen LogP contribution in [0.1, 0.15) is 6.42 Å². The van der Waals surface area contributed by atoms with Crippen LogP contribution in [-0.4, -0.2) is 44.7 Å². The smallest absolute Gasteiger partial charge is 0.226 e. The van der Waals surface area contributed by atoms with Crippen LogP contribution in [0.5, 0.6) is 0 Å². The Bertz CT molecular complexity index is 628. The van der Waals surface area contributed by atoms with E-state index in [-0.39, 0.29) is 29.0 Å². The van der Waals surface area contributed by atoms with Gasteiger partial charge in [0.25, 0.3) is 0 Å². The highest BCUT2D eigenvalue weighted by molar-refractivity contribution is 7.99. The van der Waals surface area contributed by atoms with E-state index in [4.69, 9.17) is 0 Å². The molecule has 1 unspecified atom stereocenters. The summed E-state index contributed by atoms with van der Waals surface area (Å²) in [4.78, 5) is 11.9. The lowest BCUT2D eigenvalue weighted by atomic mass is 10.2. The molecule has 8 heteroatoms. The molecule has 116 valence electrons. The fourth-order valence-corrected chi connectivity index (χ4v) is 3.60. The molecule has 1 heterocycles. The van der Waals surface area contributed by atoms with Gasteiger partial charge in [0.05, 0.1) is 10.6 Å². The molecule has 1 aliphatic heterocycles. The minimum absolute atomic E-state index is 0.0226. The van der Waals surface area contributed by atoms with E-state index >= 15 is 0 Å². The normalized spacial score (nSPS) is 19.2. The molecule has 1 aromatic rings. The van der Waals surface area contributed by atoms with Crippen molar-refractivity contribution in [3.8, 4) is 0 Å². The fraction of sp³-hybridized carbons (Fsp3) is 0.462. The maximum Gasteiger partial charge on any atom is 0.226 e. The predicted octanol–water partition coefficient (Wildman–Crippen LogP) is 1.26. The van der Waals surface area contributed by atoms with Gasteiger partial charge in [-0.2, -0.15) is 11.8 Å². The minimum Gasteiger partial charge on any atom is -0.324 e. The van der Waals surface area contributed by atoms with E-state index in [2.05, 4.69) is 10.6 Å². The van der Waals surface area contributed by atoms with Gasteiger partial charge in [0.2, 0.25) is 5.91 Å². The summed E-state index contributed by atoms with van der Waals surface area (Å²) in [5.74, 6) is 0.865. The summed E-state index contributed by atoms with van der Waals surface area (Å²) in [5, 5.41) is 5.66. The monoisotopic (exact) mass is 332 g/mol. The number of anilines is 1. The number of carbonyl (C=O) groups is 1. The topological polar surface area (TPSA) is 75.3 Å². The van der Waals surface area contributed by atoms with E-state index in [1.165, 1.54) is 6.07 Å². The molecule has 1 atom stereocenters. The maximum absolute atomic E-state index is 13.7. The number of hydrogen-bond acceptors (Lipinski definition) is 5. The van der Waals surface area contributed by atoms with Crippen molar-refractivity contribution in [2.75, 3.05) is 29.6 Å². The highest BCUT2D eigenvalue weighted by Gasteiger charge is 2.18. The number of rotatable bonds is 4. The van der Waals surface area contributed by atoms with Gasteiger partial charge >= 0.3 is 0 Å². The van der Waals surface area contributed by atoms with Crippen molar-refractivity contribution >= 4 is 33.2 Å². The Morgan fingerprint density at radius 2 is 2.29 bits per heavy atom. The summed E-state index contributed by atoms with van der Waals surface area (Å²) in [7, 11) is -3.44. The van der Waals surface area contributed by atoms with Crippen LogP contribution in [-0.2, 0) is 14.6 Å². The lowest BCUT2D eigenvalue weighted by Gasteiger charge is -2.22. The number of sulfone groups is 1. The molecule has 1 amide bonds. The van der Waals surface area contributed by atoms with Crippen LogP contribution < -0.4 is 10.6 Å². The van der Waals surface area contributed by atoms with Gasteiger partial charge in [0.1, 0.15) is 5.82 Å². The standard InChI is InChI=1S/C13H17FN2O3S2/c1-21(18,19)10-2-3-11(14)12(7-10)16-13(17)6-9-8-20-5-4-15-9/h2-3,7,9,15H,4-6,8H2,1H3,(H,16,17). The highest BCUT2D eigenvalue weighted by Crippen LogP contribution is 2.20. The fourth-order valence-electron chi connectivity index (χ4n) is 2.01. The molecule has 1 fully saturated rings. The van der Waals surface area contributed by atoms with Crippen LogP contribution in [0.15, 0.2) is 23.1 Å². The Balaban J connectivity index is 2.06. The first-order chi connectivity index (χ1) is 9.86. The third kappa shape index (κ3) is 4.69. The zero-order valence-corrected chi connectivity index (χ0v) is 13.2. The van der Waals surface area contributed by atoms with Crippen molar-refractivity contribution in [2.45, 2.75) is 17.4 Å².